The number of hydrogen-bond acceptors (Lipinski definition) is 5. The van der Waals surface area contributed by atoms with Gasteiger partial charge in [-0.25, -0.2) is 13.9 Å². The summed E-state index contributed by atoms with van der Waals surface area (Å²) in [6, 6.07) is 10.9. The maximum atomic E-state index is 13.6. The molecule has 0 bridgehead atoms. The molecule has 1 atom stereocenters. The molecule has 2 amide bonds. The van der Waals surface area contributed by atoms with Crippen LogP contribution in [0.15, 0.2) is 42.5 Å². The van der Waals surface area contributed by atoms with Crippen molar-refractivity contribution in [3.63, 3.8) is 0 Å². The van der Waals surface area contributed by atoms with Crippen LogP contribution in [-0.4, -0.2) is 32.2 Å². The van der Waals surface area contributed by atoms with Crippen LogP contribution in [0.5, 0.6) is 0 Å². The van der Waals surface area contributed by atoms with Crippen molar-refractivity contribution in [1.82, 2.24) is 25.2 Å². The molecule has 2 aromatic heterocycles. The van der Waals surface area contributed by atoms with Crippen molar-refractivity contribution >= 4 is 34.8 Å². The van der Waals surface area contributed by atoms with E-state index in [1.54, 1.807) is 32.0 Å². The summed E-state index contributed by atoms with van der Waals surface area (Å²) in [5.41, 5.74) is 5.24. The predicted octanol–water partition coefficient (Wildman–Crippen LogP) is 4.69. The quantitative estimate of drug-likeness (QED) is 0.350. The Kier molecular flexibility index (Phi) is 6.71. The van der Waals surface area contributed by atoms with Gasteiger partial charge in [0.25, 0.3) is 11.8 Å². The molecule has 10 heteroatoms. The highest BCUT2D eigenvalue weighted by atomic mass is 35.5. The van der Waals surface area contributed by atoms with Gasteiger partial charge in [-0.05, 0) is 67.5 Å². The van der Waals surface area contributed by atoms with Gasteiger partial charge in [0.15, 0.2) is 16.6 Å². The van der Waals surface area contributed by atoms with E-state index in [9.17, 15) is 18.8 Å². The van der Waals surface area contributed by atoms with Gasteiger partial charge in [0.05, 0.1) is 6.04 Å². The molecule has 1 aliphatic carbocycles. The number of carbonyl (C=O) groups excluding carboxylic acids is 3. The Morgan fingerprint density at radius 3 is 2.63 bits per heavy atom. The SMILES string of the molecule is CC(=O)c1ccc2c(c1C)CC[C@@H]2NC(=O)c1cc(C(=O)NCc2ccc(F)c(C)c2)nc2cc(Cl)nn12. The lowest BCUT2D eigenvalue weighted by Crippen LogP contribution is -2.30. The van der Waals surface area contributed by atoms with Crippen LogP contribution in [0.3, 0.4) is 0 Å². The van der Waals surface area contributed by atoms with Crippen LogP contribution >= 0.6 is 11.6 Å². The maximum absolute atomic E-state index is 13.6. The van der Waals surface area contributed by atoms with Crippen molar-refractivity contribution in [2.24, 2.45) is 0 Å². The van der Waals surface area contributed by atoms with Crippen molar-refractivity contribution in [1.29, 1.82) is 0 Å². The molecule has 1 aliphatic rings. The molecule has 38 heavy (non-hydrogen) atoms. The van der Waals surface area contributed by atoms with E-state index in [0.29, 0.717) is 17.5 Å². The minimum absolute atomic E-state index is 0.00731. The van der Waals surface area contributed by atoms with Crippen molar-refractivity contribution in [2.75, 3.05) is 0 Å². The lowest BCUT2D eigenvalue weighted by molar-refractivity contribution is 0.0927. The Morgan fingerprint density at radius 1 is 1.11 bits per heavy atom. The van der Waals surface area contributed by atoms with E-state index >= 15 is 0 Å². The number of benzene rings is 2. The number of Topliss-reactive ketones (excluding diaryl/α,β-unsaturated/α-hetero) is 1. The number of hydrogen-bond donors (Lipinski definition) is 2. The molecule has 0 saturated carbocycles. The van der Waals surface area contributed by atoms with Crippen LogP contribution in [0.2, 0.25) is 5.15 Å². The lowest BCUT2D eigenvalue weighted by Gasteiger charge is -2.16. The Morgan fingerprint density at radius 2 is 1.89 bits per heavy atom. The third-order valence-electron chi connectivity index (χ3n) is 6.92. The molecule has 5 rings (SSSR count). The van der Waals surface area contributed by atoms with E-state index in [1.165, 1.54) is 22.7 Å². The molecule has 194 valence electrons. The van der Waals surface area contributed by atoms with Crippen molar-refractivity contribution in [3.8, 4) is 0 Å². The zero-order valence-electron chi connectivity index (χ0n) is 21.1. The van der Waals surface area contributed by atoms with Crippen LogP contribution in [0, 0.1) is 19.7 Å². The second-order valence-electron chi connectivity index (χ2n) is 9.46. The number of nitrogens with zero attached hydrogens (tertiary/aromatic N) is 3. The van der Waals surface area contributed by atoms with Gasteiger partial charge in [-0.1, -0.05) is 35.9 Å². The normalized spacial score (nSPS) is 14.4. The van der Waals surface area contributed by atoms with Crippen molar-refractivity contribution in [2.45, 2.75) is 46.2 Å². The maximum Gasteiger partial charge on any atom is 0.270 e. The molecule has 8 nitrogen and oxygen atoms in total. The smallest absolute Gasteiger partial charge is 0.270 e. The fraction of sp³-hybridized carbons (Fsp3) is 0.250. The highest BCUT2D eigenvalue weighted by molar-refractivity contribution is 6.29. The molecule has 4 aromatic rings. The monoisotopic (exact) mass is 533 g/mol. The molecule has 0 radical (unpaired) electrons. The largest absolute Gasteiger partial charge is 0.347 e. The molecule has 0 spiro atoms. The highest BCUT2D eigenvalue weighted by Crippen LogP contribution is 2.35. The molecular formula is C28H25ClFN5O3. The third kappa shape index (κ3) is 4.77. The van der Waals surface area contributed by atoms with Gasteiger partial charge >= 0.3 is 0 Å². The first-order valence-corrected chi connectivity index (χ1v) is 12.5. The number of rotatable bonds is 6. The van der Waals surface area contributed by atoms with Gasteiger partial charge in [0.2, 0.25) is 0 Å². The van der Waals surface area contributed by atoms with E-state index in [0.717, 1.165) is 28.7 Å². The van der Waals surface area contributed by atoms with Crippen LogP contribution in [-0.2, 0) is 13.0 Å². The van der Waals surface area contributed by atoms with Gasteiger partial charge < -0.3 is 10.6 Å². The van der Waals surface area contributed by atoms with Crippen molar-refractivity contribution in [3.05, 3.63) is 98.2 Å². The Hall–Kier alpha value is -4.11. The van der Waals surface area contributed by atoms with E-state index in [-0.39, 0.29) is 46.4 Å². The summed E-state index contributed by atoms with van der Waals surface area (Å²) in [5, 5.41) is 10.1. The predicted molar refractivity (Wildman–Crippen MR) is 140 cm³/mol. The average molecular weight is 534 g/mol. The zero-order valence-corrected chi connectivity index (χ0v) is 21.8. The van der Waals surface area contributed by atoms with Gasteiger partial charge in [0.1, 0.15) is 17.2 Å². The lowest BCUT2D eigenvalue weighted by atomic mass is 9.96. The van der Waals surface area contributed by atoms with Crippen LogP contribution in [0.1, 0.15) is 78.5 Å². The zero-order chi connectivity index (χ0) is 27.1. The summed E-state index contributed by atoms with van der Waals surface area (Å²) in [5.74, 6) is -1.25. The number of aryl methyl sites for hydroxylation is 1. The van der Waals surface area contributed by atoms with E-state index in [1.807, 2.05) is 13.0 Å². The summed E-state index contributed by atoms with van der Waals surface area (Å²) in [6.07, 6.45) is 1.42. The number of aromatic nitrogens is 3. The number of ketones is 1. The van der Waals surface area contributed by atoms with Gasteiger partial charge in [-0.15, -0.1) is 0 Å². The van der Waals surface area contributed by atoms with Gasteiger partial charge in [-0.3, -0.25) is 14.4 Å². The minimum atomic E-state index is -0.501. The fourth-order valence-corrected chi connectivity index (χ4v) is 5.13. The summed E-state index contributed by atoms with van der Waals surface area (Å²) in [7, 11) is 0. The van der Waals surface area contributed by atoms with E-state index in [4.69, 9.17) is 11.6 Å². The first-order valence-electron chi connectivity index (χ1n) is 12.2. The van der Waals surface area contributed by atoms with Crippen LogP contribution in [0.25, 0.3) is 5.65 Å². The molecule has 0 aliphatic heterocycles. The topological polar surface area (TPSA) is 105 Å². The number of fused-ring (bicyclic) bond motifs is 2. The Bertz CT molecular complexity index is 1630. The third-order valence-corrected chi connectivity index (χ3v) is 7.10. The first-order chi connectivity index (χ1) is 18.1. The van der Waals surface area contributed by atoms with E-state index < -0.39 is 11.8 Å². The number of halogens is 2. The second-order valence-corrected chi connectivity index (χ2v) is 9.84. The highest BCUT2D eigenvalue weighted by Gasteiger charge is 2.28. The number of amides is 2. The molecule has 2 heterocycles. The fourth-order valence-electron chi connectivity index (χ4n) is 4.96. The summed E-state index contributed by atoms with van der Waals surface area (Å²) in [6.45, 7) is 5.28. The van der Waals surface area contributed by atoms with Crippen LogP contribution in [0.4, 0.5) is 4.39 Å². The number of carbonyl (C=O) groups is 3. The molecule has 0 saturated heterocycles. The molecule has 2 aromatic carbocycles. The Balaban J connectivity index is 1.40. The minimum Gasteiger partial charge on any atom is -0.347 e. The molecule has 0 fully saturated rings. The molecule has 2 N–H and O–H groups in total. The molecule has 0 unspecified atom stereocenters. The van der Waals surface area contributed by atoms with Crippen LogP contribution < -0.4 is 10.6 Å². The summed E-state index contributed by atoms with van der Waals surface area (Å²) in [4.78, 5) is 42.7. The van der Waals surface area contributed by atoms with Gasteiger partial charge in [-0.2, -0.15) is 5.10 Å². The van der Waals surface area contributed by atoms with E-state index in [2.05, 4.69) is 20.7 Å². The Labute approximate surface area is 223 Å². The summed E-state index contributed by atoms with van der Waals surface area (Å²) >= 11 is 6.09. The summed E-state index contributed by atoms with van der Waals surface area (Å²) < 4.78 is 14.9. The van der Waals surface area contributed by atoms with Gasteiger partial charge in [0, 0.05) is 24.2 Å². The second kappa shape index (κ2) is 9.98. The first kappa shape index (κ1) is 25.5. The molecular weight excluding hydrogens is 509 g/mol. The standard InChI is InChI=1S/C28H25ClFN5O3/c1-14-10-17(4-8-21(14)30)13-31-27(37)23-11-24(35-26(32-23)12-25(29)34-35)28(38)33-22-9-7-19-15(2)18(16(3)36)5-6-20(19)22/h4-6,8,10-12,22H,7,9,13H2,1-3H3,(H,31,37)(H,33,38)/t22-/m0/s1. The van der Waals surface area contributed by atoms with Crippen molar-refractivity contribution < 1.29 is 18.8 Å². The average Bonchev–Trinajstić information content (AvgIpc) is 3.46. The number of nitrogens with one attached hydrogen (secondary N) is 2.